The molecule has 1 amide bonds. The number of amides is 1. The number of carbonyl (C=O) groups excluding carboxylic acids is 1. The number of aryl methyl sites for hydroxylation is 1. The SMILES string of the molecule is Cc1ccc(S(=O)(=O)N(CC(=O)NC(C(C)C)C(C)C)c2ccccc2Cl)cc1. The molecule has 0 saturated heterocycles. The van der Waals surface area contributed by atoms with Gasteiger partial charge in [0.2, 0.25) is 5.91 Å². The summed E-state index contributed by atoms with van der Waals surface area (Å²) in [4.78, 5) is 12.9. The van der Waals surface area contributed by atoms with Crippen LogP contribution in [0.5, 0.6) is 0 Å². The van der Waals surface area contributed by atoms with Crippen LogP contribution in [0.3, 0.4) is 0 Å². The Balaban J connectivity index is 2.42. The van der Waals surface area contributed by atoms with E-state index >= 15 is 0 Å². The summed E-state index contributed by atoms with van der Waals surface area (Å²) in [5.41, 5.74) is 1.22. The van der Waals surface area contributed by atoms with Gasteiger partial charge in [0.05, 0.1) is 15.6 Å². The molecule has 7 heteroatoms. The highest BCUT2D eigenvalue weighted by molar-refractivity contribution is 7.92. The van der Waals surface area contributed by atoms with Crippen molar-refractivity contribution in [3.05, 3.63) is 59.1 Å². The van der Waals surface area contributed by atoms with E-state index in [-0.39, 0.29) is 45.9 Å². The number of rotatable bonds is 8. The first-order chi connectivity index (χ1) is 13.5. The number of nitrogens with one attached hydrogen (secondary N) is 1. The van der Waals surface area contributed by atoms with Crippen LogP contribution in [0, 0.1) is 18.8 Å². The summed E-state index contributed by atoms with van der Waals surface area (Å²) in [6.07, 6.45) is 0. The Hall–Kier alpha value is -2.05. The first-order valence-electron chi connectivity index (χ1n) is 9.67. The molecule has 0 aliphatic rings. The Kier molecular flexibility index (Phi) is 7.72. The molecule has 0 bridgehead atoms. The number of para-hydroxylation sites is 1. The average molecular weight is 437 g/mol. The number of benzene rings is 2. The van der Waals surface area contributed by atoms with E-state index in [0.29, 0.717) is 0 Å². The van der Waals surface area contributed by atoms with Crippen molar-refractivity contribution in [3.8, 4) is 0 Å². The van der Waals surface area contributed by atoms with Gasteiger partial charge < -0.3 is 5.32 Å². The van der Waals surface area contributed by atoms with Crippen LogP contribution in [0.4, 0.5) is 5.69 Å². The van der Waals surface area contributed by atoms with Gasteiger partial charge in [-0.05, 0) is 43.0 Å². The molecule has 0 aliphatic carbocycles. The molecule has 0 aliphatic heterocycles. The summed E-state index contributed by atoms with van der Waals surface area (Å²) >= 11 is 6.29. The lowest BCUT2D eigenvalue weighted by Crippen LogP contribution is -2.48. The second-order valence-corrected chi connectivity index (χ2v) is 10.1. The second-order valence-electron chi connectivity index (χ2n) is 7.86. The van der Waals surface area contributed by atoms with Crippen molar-refractivity contribution in [1.29, 1.82) is 0 Å². The van der Waals surface area contributed by atoms with Crippen LogP contribution >= 0.6 is 11.6 Å². The van der Waals surface area contributed by atoms with E-state index < -0.39 is 10.0 Å². The minimum Gasteiger partial charge on any atom is -0.351 e. The molecule has 5 nitrogen and oxygen atoms in total. The fourth-order valence-corrected chi connectivity index (χ4v) is 4.98. The molecule has 158 valence electrons. The Morgan fingerprint density at radius 1 is 1.00 bits per heavy atom. The van der Waals surface area contributed by atoms with E-state index in [1.165, 1.54) is 12.1 Å². The number of nitrogens with zero attached hydrogens (tertiary/aromatic N) is 1. The lowest BCUT2D eigenvalue weighted by atomic mass is 9.93. The van der Waals surface area contributed by atoms with Crippen LogP contribution in [0.25, 0.3) is 0 Å². The minimum absolute atomic E-state index is 0.0577. The maximum atomic E-state index is 13.4. The fraction of sp³-hybridized carbons (Fsp3) is 0.409. The first-order valence-corrected chi connectivity index (χ1v) is 11.5. The van der Waals surface area contributed by atoms with Gasteiger partial charge in [0, 0.05) is 6.04 Å². The van der Waals surface area contributed by atoms with Crippen molar-refractivity contribution in [2.75, 3.05) is 10.8 Å². The molecule has 0 fully saturated rings. The van der Waals surface area contributed by atoms with Gasteiger partial charge in [-0.3, -0.25) is 9.10 Å². The van der Waals surface area contributed by atoms with Crippen molar-refractivity contribution < 1.29 is 13.2 Å². The lowest BCUT2D eigenvalue weighted by Gasteiger charge is -2.29. The fourth-order valence-electron chi connectivity index (χ4n) is 3.26. The van der Waals surface area contributed by atoms with Crippen molar-refractivity contribution >= 4 is 33.2 Å². The Bertz CT molecular complexity index is 933. The molecule has 2 aromatic rings. The summed E-state index contributed by atoms with van der Waals surface area (Å²) < 4.78 is 27.8. The molecule has 0 spiro atoms. The van der Waals surface area contributed by atoms with Crippen molar-refractivity contribution in [3.63, 3.8) is 0 Å². The molecule has 1 N–H and O–H groups in total. The van der Waals surface area contributed by atoms with Crippen LogP contribution in [0.1, 0.15) is 33.3 Å². The summed E-state index contributed by atoms with van der Waals surface area (Å²) in [6, 6.07) is 13.1. The van der Waals surface area contributed by atoms with E-state index in [2.05, 4.69) is 5.32 Å². The Labute approximate surface area is 179 Å². The quantitative estimate of drug-likeness (QED) is 0.655. The van der Waals surface area contributed by atoms with Gasteiger partial charge in [0.15, 0.2) is 0 Å². The third-order valence-corrected chi connectivity index (χ3v) is 6.88. The van der Waals surface area contributed by atoms with Crippen LogP contribution in [-0.4, -0.2) is 26.9 Å². The number of carbonyl (C=O) groups is 1. The predicted octanol–water partition coefficient (Wildman–Crippen LogP) is 4.64. The number of hydrogen-bond acceptors (Lipinski definition) is 3. The minimum atomic E-state index is -3.98. The van der Waals surface area contributed by atoms with Crippen molar-refractivity contribution in [2.45, 2.75) is 45.6 Å². The number of hydrogen-bond donors (Lipinski definition) is 1. The third kappa shape index (κ3) is 5.73. The zero-order chi connectivity index (χ0) is 21.8. The molecular formula is C22H29ClN2O3S. The number of sulfonamides is 1. The van der Waals surface area contributed by atoms with Gasteiger partial charge in [-0.1, -0.05) is 69.1 Å². The van der Waals surface area contributed by atoms with Crippen LogP contribution in [0.15, 0.2) is 53.4 Å². The molecule has 2 aromatic carbocycles. The zero-order valence-electron chi connectivity index (χ0n) is 17.5. The number of anilines is 1. The standard InChI is InChI=1S/C22H29ClN2O3S/c1-15(2)22(16(3)4)24-21(26)14-25(20-9-7-6-8-19(20)23)29(27,28)18-12-10-17(5)11-13-18/h6-13,15-16,22H,14H2,1-5H3,(H,24,26). The highest BCUT2D eigenvalue weighted by Gasteiger charge is 2.30. The molecular weight excluding hydrogens is 408 g/mol. The van der Waals surface area contributed by atoms with Crippen LogP contribution < -0.4 is 9.62 Å². The average Bonchev–Trinajstić information content (AvgIpc) is 2.64. The van der Waals surface area contributed by atoms with Crippen LogP contribution in [-0.2, 0) is 14.8 Å². The van der Waals surface area contributed by atoms with E-state index in [1.807, 2.05) is 34.6 Å². The molecule has 0 aromatic heterocycles. The van der Waals surface area contributed by atoms with E-state index in [1.54, 1.807) is 36.4 Å². The molecule has 0 unspecified atom stereocenters. The molecule has 0 atom stereocenters. The lowest BCUT2D eigenvalue weighted by molar-refractivity contribution is -0.121. The maximum absolute atomic E-state index is 13.4. The molecule has 0 saturated carbocycles. The van der Waals surface area contributed by atoms with E-state index in [4.69, 9.17) is 11.6 Å². The third-order valence-electron chi connectivity index (χ3n) is 4.78. The normalized spacial score (nSPS) is 11.9. The van der Waals surface area contributed by atoms with Crippen molar-refractivity contribution in [2.24, 2.45) is 11.8 Å². The second kappa shape index (κ2) is 9.63. The summed E-state index contributed by atoms with van der Waals surface area (Å²) in [7, 11) is -3.98. The van der Waals surface area contributed by atoms with E-state index in [0.717, 1.165) is 9.87 Å². The highest BCUT2D eigenvalue weighted by atomic mass is 35.5. The maximum Gasteiger partial charge on any atom is 0.264 e. The Morgan fingerprint density at radius 3 is 2.07 bits per heavy atom. The predicted molar refractivity (Wildman–Crippen MR) is 119 cm³/mol. The summed E-state index contributed by atoms with van der Waals surface area (Å²) in [5.74, 6) is 0.0795. The zero-order valence-corrected chi connectivity index (χ0v) is 19.1. The molecule has 29 heavy (non-hydrogen) atoms. The van der Waals surface area contributed by atoms with Crippen molar-refractivity contribution in [1.82, 2.24) is 5.32 Å². The molecule has 0 heterocycles. The smallest absolute Gasteiger partial charge is 0.264 e. The Morgan fingerprint density at radius 2 is 1.55 bits per heavy atom. The van der Waals surface area contributed by atoms with E-state index in [9.17, 15) is 13.2 Å². The molecule has 2 rings (SSSR count). The van der Waals surface area contributed by atoms with Gasteiger partial charge in [-0.15, -0.1) is 0 Å². The highest BCUT2D eigenvalue weighted by Crippen LogP contribution is 2.30. The topological polar surface area (TPSA) is 66.5 Å². The van der Waals surface area contributed by atoms with Gasteiger partial charge in [-0.25, -0.2) is 8.42 Å². The number of halogens is 1. The molecule has 0 radical (unpaired) electrons. The first kappa shape index (κ1) is 23.2. The van der Waals surface area contributed by atoms with Crippen LogP contribution in [0.2, 0.25) is 5.02 Å². The van der Waals surface area contributed by atoms with Gasteiger partial charge in [0.1, 0.15) is 6.54 Å². The summed E-state index contributed by atoms with van der Waals surface area (Å²) in [6.45, 7) is 9.64. The van der Waals surface area contributed by atoms with Gasteiger partial charge in [0.25, 0.3) is 10.0 Å². The van der Waals surface area contributed by atoms with Gasteiger partial charge >= 0.3 is 0 Å². The largest absolute Gasteiger partial charge is 0.351 e. The van der Waals surface area contributed by atoms with Gasteiger partial charge in [-0.2, -0.15) is 0 Å². The monoisotopic (exact) mass is 436 g/mol. The summed E-state index contributed by atoms with van der Waals surface area (Å²) in [5, 5.41) is 3.24.